The van der Waals surface area contributed by atoms with Crippen molar-refractivity contribution in [3.05, 3.63) is 0 Å². The highest BCUT2D eigenvalue weighted by atomic mass is 16.7. The third kappa shape index (κ3) is 1.84. The first kappa shape index (κ1) is 10.9. The molecule has 0 aromatic heterocycles. The van der Waals surface area contributed by atoms with Crippen LogP contribution in [0.5, 0.6) is 0 Å². The molecule has 0 aromatic carbocycles. The molecule has 4 N–H and O–H groups in total. The highest BCUT2D eigenvalue weighted by molar-refractivity contribution is 5.86. The normalized spacial score (nSPS) is 30.2. The number of carboxylic acids is 1. The second-order valence-corrected chi connectivity index (χ2v) is 3.07. The SMILES string of the molecule is CC(C(=O)O)N1OC[C@H](O)[C@H](N)C1=O. The standard InChI is InChI=1S/C7H12N2O5/c1-3(7(12)13)9-6(11)5(8)4(10)2-14-9/h3-5,10H,2,8H2,1H3,(H,12,13)/t3?,4-,5-/m0/s1. The van der Waals surface area contributed by atoms with Gasteiger partial charge in [0.2, 0.25) is 0 Å². The molecule has 0 aromatic rings. The molecule has 7 nitrogen and oxygen atoms in total. The number of hydrogen-bond acceptors (Lipinski definition) is 5. The molecule has 80 valence electrons. The number of carbonyl (C=O) groups is 2. The second-order valence-electron chi connectivity index (χ2n) is 3.07. The van der Waals surface area contributed by atoms with Gasteiger partial charge in [-0.15, -0.1) is 0 Å². The quantitative estimate of drug-likeness (QED) is 0.476. The first-order valence-electron chi connectivity index (χ1n) is 4.07. The number of rotatable bonds is 2. The topological polar surface area (TPSA) is 113 Å². The van der Waals surface area contributed by atoms with Gasteiger partial charge in [0.1, 0.15) is 18.8 Å². The number of hydrogen-bond donors (Lipinski definition) is 3. The number of hydroxylamine groups is 2. The van der Waals surface area contributed by atoms with Crippen LogP contribution in [0.1, 0.15) is 6.92 Å². The van der Waals surface area contributed by atoms with Crippen LogP contribution in [0.4, 0.5) is 0 Å². The molecule has 1 fully saturated rings. The first-order valence-corrected chi connectivity index (χ1v) is 4.07. The van der Waals surface area contributed by atoms with Crippen molar-refractivity contribution in [3.8, 4) is 0 Å². The van der Waals surface area contributed by atoms with E-state index in [1.54, 1.807) is 0 Å². The number of amides is 1. The monoisotopic (exact) mass is 204 g/mol. The van der Waals surface area contributed by atoms with E-state index in [0.29, 0.717) is 5.06 Å². The molecule has 1 unspecified atom stereocenters. The van der Waals surface area contributed by atoms with Gasteiger partial charge in [-0.3, -0.25) is 9.63 Å². The number of carbonyl (C=O) groups excluding carboxylic acids is 1. The Morgan fingerprint density at radius 3 is 2.86 bits per heavy atom. The molecule has 0 aliphatic carbocycles. The van der Waals surface area contributed by atoms with E-state index in [1.807, 2.05) is 0 Å². The van der Waals surface area contributed by atoms with E-state index in [2.05, 4.69) is 0 Å². The summed E-state index contributed by atoms with van der Waals surface area (Å²) in [6.07, 6.45) is -1.08. The van der Waals surface area contributed by atoms with Crippen molar-refractivity contribution in [2.75, 3.05) is 6.61 Å². The van der Waals surface area contributed by atoms with Crippen molar-refractivity contribution in [3.63, 3.8) is 0 Å². The Labute approximate surface area is 80.0 Å². The highest BCUT2D eigenvalue weighted by Crippen LogP contribution is 2.11. The maximum Gasteiger partial charge on any atom is 0.328 e. The Hall–Kier alpha value is -1.18. The van der Waals surface area contributed by atoms with Crippen molar-refractivity contribution in [1.29, 1.82) is 0 Å². The minimum Gasteiger partial charge on any atom is -0.480 e. The van der Waals surface area contributed by atoms with Crippen LogP contribution in [0.15, 0.2) is 0 Å². The lowest BCUT2D eigenvalue weighted by atomic mass is 10.1. The zero-order valence-corrected chi connectivity index (χ0v) is 7.58. The van der Waals surface area contributed by atoms with E-state index in [-0.39, 0.29) is 6.61 Å². The van der Waals surface area contributed by atoms with Gasteiger partial charge in [0, 0.05) is 0 Å². The van der Waals surface area contributed by atoms with Gasteiger partial charge >= 0.3 is 5.97 Å². The molecule has 1 amide bonds. The van der Waals surface area contributed by atoms with Crippen molar-refractivity contribution in [1.82, 2.24) is 5.06 Å². The first-order chi connectivity index (χ1) is 6.45. The molecule has 3 atom stereocenters. The van der Waals surface area contributed by atoms with Crippen molar-refractivity contribution < 1.29 is 24.6 Å². The summed E-state index contributed by atoms with van der Waals surface area (Å²) in [5.74, 6) is -1.92. The molecule has 0 saturated carbocycles. The Balaban J connectivity index is 2.73. The fraction of sp³-hybridized carbons (Fsp3) is 0.714. The van der Waals surface area contributed by atoms with Crippen LogP contribution in [0, 0.1) is 0 Å². The van der Waals surface area contributed by atoms with Gasteiger partial charge in [0.05, 0.1) is 0 Å². The van der Waals surface area contributed by atoms with Crippen LogP contribution in [-0.2, 0) is 14.4 Å². The zero-order chi connectivity index (χ0) is 10.9. The number of carboxylic acid groups (broad SMARTS) is 1. The lowest BCUT2D eigenvalue weighted by molar-refractivity contribution is -0.231. The van der Waals surface area contributed by atoms with E-state index in [9.17, 15) is 9.59 Å². The molecule has 0 radical (unpaired) electrons. The van der Waals surface area contributed by atoms with Gasteiger partial charge in [-0.2, -0.15) is 0 Å². The fourth-order valence-electron chi connectivity index (χ4n) is 1.04. The van der Waals surface area contributed by atoms with Crippen LogP contribution < -0.4 is 5.73 Å². The van der Waals surface area contributed by atoms with E-state index in [1.165, 1.54) is 6.92 Å². The van der Waals surface area contributed by atoms with Gasteiger partial charge in [-0.05, 0) is 6.92 Å². The minimum absolute atomic E-state index is 0.176. The van der Waals surface area contributed by atoms with Gasteiger partial charge in [-0.1, -0.05) is 0 Å². The third-order valence-corrected chi connectivity index (χ3v) is 2.01. The number of nitrogens with two attached hydrogens (primary N) is 1. The Morgan fingerprint density at radius 1 is 1.79 bits per heavy atom. The molecule has 1 heterocycles. The molecular formula is C7H12N2O5. The van der Waals surface area contributed by atoms with Gasteiger partial charge < -0.3 is 15.9 Å². The molecular weight excluding hydrogens is 192 g/mol. The molecule has 1 rings (SSSR count). The predicted octanol–water partition coefficient (Wildman–Crippen LogP) is -2.08. The molecule has 1 aliphatic heterocycles. The van der Waals surface area contributed by atoms with Gasteiger partial charge in [0.15, 0.2) is 6.04 Å². The van der Waals surface area contributed by atoms with E-state index < -0.39 is 30.1 Å². The minimum atomic E-state index is -1.19. The Morgan fingerprint density at radius 2 is 2.36 bits per heavy atom. The van der Waals surface area contributed by atoms with Crippen LogP contribution in [0.2, 0.25) is 0 Å². The van der Waals surface area contributed by atoms with E-state index in [0.717, 1.165) is 0 Å². The summed E-state index contributed by atoms with van der Waals surface area (Å²) < 4.78 is 0. The number of aliphatic hydroxyl groups is 1. The van der Waals surface area contributed by atoms with Crippen molar-refractivity contribution in [2.45, 2.75) is 25.1 Å². The summed E-state index contributed by atoms with van der Waals surface area (Å²) in [6, 6.07) is -2.23. The maximum absolute atomic E-state index is 11.3. The van der Waals surface area contributed by atoms with Crippen LogP contribution in [0.3, 0.4) is 0 Å². The number of nitrogens with zero attached hydrogens (tertiary/aromatic N) is 1. The maximum atomic E-state index is 11.3. The molecule has 1 aliphatic rings. The molecule has 0 spiro atoms. The average molecular weight is 204 g/mol. The predicted molar refractivity (Wildman–Crippen MR) is 43.9 cm³/mol. The molecule has 14 heavy (non-hydrogen) atoms. The van der Waals surface area contributed by atoms with Crippen molar-refractivity contribution in [2.24, 2.45) is 5.73 Å². The summed E-state index contributed by atoms with van der Waals surface area (Å²) in [7, 11) is 0. The summed E-state index contributed by atoms with van der Waals surface area (Å²) in [5, 5.41) is 18.4. The smallest absolute Gasteiger partial charge is 0.328 e. The summed E-state index contributed by atoms with van der Waals surface area (Å²) in [6.45, 7) is 1.12. The lowest BCUT2D eigenvalue weighted by Gasteiger charge is -2.34. The Kier molecular flexibility index (Phi) is 3.04. The van der Waals surface area contributed by atoms with E-state index in [4.69, 9.17) is 20.8 Å². The van der Waals surface area contributed by atoms with Crippen LogP contribution in [0.25, 0.3) is 0 Å². The summed E-state index contributed by atoms with van der Waals surface area (Å²) in [4.78, 5) is 26.7. The number of aliphatic hydroxyl groups excluding tert-OH is 1. The lowest BCUT2D eigenvalue weighted by Crippen LogP contribution is -2.60. The van der Waals surface area contributed by atoms with Gasteiger partial charge in [0.25, 0.3) is 5.91 Å². The zero-order valence-electron chi connectivity index (χ0n) is 7.58. The largest absolute Gasteiger partial charge is 0.480 e. The average Bonchev–Trinajstić information content (AvgIpc) is 2.13. The van der Waals surface area contributed by atoms with Crippen molar-refractivity contribution >= 4 is 11.9 Å². The second kappa shape index (κ2) is 3.91. The van der Waals surface area contributed by atoms with Gasteiger partial charge in [-0.25, -0.2) is 9.86 Å². The third-order valence-electron chi connectivity index (χ3n) is 2.01. The summed E-state index contributed by atoms with van der Waals surface area (Å²) >= 11 is 0. The van der Waals surface area contributed by atoms with E-state index >= 15 is 0 Å². The molecule has 0 bridgehead atoms. The number of aliphatic carboxylic acids is 1. The summed E-state index contributed by atoms with van der Waals surface area (Å²) in [5.41, 5.74) is 5.34. The van der Waals surface area contributed by atoms with Crippen LogP contribution >= 0.6 is 0 Å². The fourth-order valence-corrected chi connectivity index (χ4v) is 1.04. The van der Waals surface area contributed by atoms with Crippen LogP contribution in [-0.4, -0.2) is 51.9 Å². The highest BCUT2D eigenvalue weighted by Gasteiger charge is 2.38. The Bertz CT molecular complexity index is 256. The molecule has 7 heteroatoms. The molecule has 1 saturated heterocycles.